The molecule has 2 amide bonds. The zero-order valence-electron chi connectivity index (χ0n) is 15.4. The summed E-state index contributed by atoms with van der Waals surface area (Å²) in [7, 11) is 0. The highest BCUT2D eigenvalue weighted by Gasteiger charge is 2.17. The van der Waals surface area contributed by atoms with E-state index in [4.69, 9.17) is 9.72 Å². The van der Waals surface area contributed by atoms with Gasteiger partial charge in [0.15, 0.2) is 0 Å². The van der Waals surface area contributed by atoms with Crippen molar-refractivity contribution in [2.45, 2.75) is 13.3 Å². The molecule has 146 valence electrons. The second-order valence-corrected chi connectivity index (χ2v) is 7.84. The summed E-state index contributed by atoms with van der Waals surface area (Å²) in [5.41, 5.74) is 1.90. The molecule has 0 saturated carbocycles. The fourth-order valence-electron chi connectivity index (χ4n) is 2.54. The number of aromatic nitrogens is 1. The number of nitrogens with zero attached hydrogens (tertiary/aromatic N) is 1. The second kappa shape index (κ2) is 10.0. The highest BCUT2D eigenvalue weighted by molar-refractivity contribution is 7.17. The Morgan fingerprint density at radius 3 is 2.57 bits per heavy atom. The standard InChI is InChI=1S/C20H21N3O3S2/c1-2-26-20(25)22-11-10-21-17(24)13-16-18(15-9-6-12-27-15)23-19(28-16)14-7-4-3-5-8-14/h3-9,12H,2,10-11,13H2,1H3,(H,21,24)(H,22,25). The Kier molecular flexibility index (Phi) is 7.16. The zero-order chi connectivity index (χ0) is 19.8. The second-order valence-electron chi connectivity index (χ2n) is 5.81. The molecule has 0 aliphatic carbocycles. The van der Waals surface area contributed by atoms with Crippen LogP contribution >= 0.6 is 22.7 Å². The van der Waals surface area contributed by atoms with Gasteiger partial charge in [-0.25, -0.2) is 9.78 Å². The lowest BCUT2D eigenvalue weighted by Crippen LogP contribution is -2.35. The van der Waals surface area contributed by atoms with Crippen LogP contribution in [0.25, 0.3) is 21.1 Å². The highest BCUT2D eigenvalue weighted by Crippen LogP contribution is 2.36. The molecule has 0 aliphatic rings. The average Bonchev–Trinajstić information content (AvgIpc) is 3.36. The summed E-state index contributed by atoms with van der Waals surface area (Å²) in [6, 6.07) is 13.9. The number of thiazole rings is 1. The van der Waals surface area contributed by atoms with E-state index in [1.807, 2.05) is 47.8 Å². The van der Waals surface area contributed by atoms with E-state index in [0.717, 1.165) is 26.0 Å². The molecule has 3 aromatic rings. The van der Waals surface area contributed by atoms with Gasteiger partial charge in [-0.05, 0) is 18.4 Å². The number of thiophene rings is 1. The number of ether oxygens (including phenoxy) is 1. The molecule has 1 aromatic carbocycles. The third-order valence-corrected chi connectivity index (χ3v) is 5.77. The molecule has 0 aliphatic heterocycles. The van der Waals surface area contributed by atoms with Crippen LogP contribution in [0, 0.1) is 0 Å². The molecule has 0 radical (unpaired) electrons. The van der Waals surface area contributed by atoms with Crippen LogP contribution < -0.4 is 10.6 Å². The van der Waals surface area contributed by atoms with Crippen LogP contribution in [0.1, 0.15) is 11.8 Å². The molecule has 3 rings (SSSR count). The van der Waals surface area contributed by atoms with E-state index in [1.165, 1.54) is 11.3 Å². The summed E-state index contributed by atoms with van der Waals surface area (Å²) in [5, 5.41) is 8.30. The van der Waals surface area contributed by atoms with Crippen LogP contribution in [0.4, 0.5) is 4.79 Å². The molecule has 2 heterocycles. The van der Waals surface area contributed by atoms with Gasteiger partial charge in [0.2, 0.25) is 5.91 Å². The normalized spacial score (nSPS) is 10.5. The number of nitrogens with one attached hydrogen (secondary N) is 2. The lowest BCUT2D eigenvalue weighted by Gasteiger charge is -2.07. The van der Waals surface area contributed by atoms with E-state index in [9.17, 15) is 9.59 Å². The van der Waals surface area contributed by atoms with Gasteiger partial charge in [-0.3, -0.25) is 4.79 Å². The van der Waals surface area contributed by atoms with E-state index >= 15 is 0 Å². The summed E-state index contributed by atoms with van der Waals surface area (Å²) in [5.74, 6) is -0.105. The highest BCUT2D eigenvalue weighted by atomic mass is 32.1. The predicted molar refractivity (Wildman–Crippen MR) is 113 cm³/mol. The fourth-order valence-corrected chi connectivity index (χ4v) is 4.42. The van der Waals surface area contributed by atoms with Crippen molar-refractivity contribution >= 4 is 34.7 Å². The van der Waals surface area contributed by atoms with Crippen molar-refractivity contribution in [2.75, 3.05) is 19.7 Å². The Morgan fingerprint density at radius 1 is 1.07 bits per heavy atom. The molecule has 2 N–H and O–H groups in total. The zero-order valence-corrected chi connectivity index (χ0v) is 17.1. The van der Waals surface area contributed by atoms with Gasteiger partial charge in [0.1, 0.15) is 5.01 Å². The van der Waals surface area contributed by atoms with E-state index in [-0.39, 0.29) is 12.3 Å². The summed E-state index contributed by atoms with van der Waals surface area (Å²) < 4.78 is 4.78. The van der Waals surface area contributed by atoms with Crippen LogP contribution in [-0.4, -0.2) is 36.7 Å². The molecular formula is C20H21N3O3S2. The van der Waals surface area contributed by atoms with E-state index < -0.39 is 6.09 Å². The van der Waals surface area contributed by atoms with Crippen LogP contribution in [0.3, 0.4) is 0 Å². The lowest BCUT2D eigenvalue weighted by molar-refractivity contribution is -0.120. The first kappa shape index (κ1) is 20.0. The molecule has 0 atom stereocenters. The first-order valence-electron chi connectivity index (χ1n) is 8.93. The van der Waals surface area contributed by atoms with Gasteiger partial charge in [-0.15, -0.1) is 22.7 Å². The van der Waals surface area contributed by atoms with Crippen molar-refractivity contribution in [3.05, 3.63) is 52.7 Å². The smallest absolute Gasteiger partial charge is 0.407 e. The number of rotatable bonds is 8. The number of carbonyl (C=O) groups is 2. The van der Waals surface area contributed by atoms with Gasteiger partial charge in [-0.2, -0.15) is 0 Å². The number of hydrogen-bond donors (Lipinski definition) is 2. The monoisotopic (exact) mass is 415 g/mol. The maximum absolute atomic E-state index is 12.4. The Morgan fingerprint density at radius 2 is 1.86 bits per heavy atom. The minimum Gasteiger partial charge on any atom is -0.450 e. The molecule has 0 saturated heterocycles. The summed E-state index contributed by atoms with van der Waals surface area (Å²) in [6.45, 7) is 2.72. The maximum atomic E-state index is 12.4. The largest absolute Gasteiger partial charge is 0.450 e. The van der Waals surface area contributed by atoms with Crippen molar-refractivity contribution < 1.29 is 14.3 Å². The number of hydrogen-bond acceptors (Lipinski definition) is 6. The first-order valence-corrected chi connectivity index (χ1v) is 10.6. The van der Waals surface area contributed by atoms with Crippen LogP contribution in [0.5, 0.6) is 0 Å². The molecule has 28 heavy (non-hydrogen) atoms. The predicted octanol–water partition coefficient (Wildman–Crippen LogP) is 3.94. The van der Waals surface area contributed by atoms with Gasteiger partial charge in [0, 0.05) is 23.5 Å². The van der Waals surface area contributed by atoms with Crippen molar-refractivity contribution in [3.63, 3.8) is 0 Å². The molecule has 2 aromatic heterocycles. The van der Waals surface area contributed by atoms with Crippen molar-refractivity contribution in [3.8, 4) is 21.1 Å². The van der Waals surface area contributed by atoms with E-state index in [1.54, 1.807) is 18.3 Å². The molecule has 8 heteroatoms. The number of benzene rings is 1. The number of amides is 2. The summed E-state index contributed by atoms with van der Waals surface area (Å²) in [4.78, 5) is 30.4. The first-order chi connectivity index (χ1) is 13.7. The van der Waals surface area contributed by atoms with Crippen LogP contribution in [0.15, 0.2) is 47.8 Å². The van der Waals surface area contributed by atoms with Gasteiger partial charge >= 0.3 is 6.09 Å². The van der Waals surface area contributed by atoms with Crippen molar-refractivity contribution in [1.29, 1.82) is 0 Å². The molecule has 0 fully saturated rings. The fraction of sp³-hybridized carbons (Fsp3) is 0.250. The molecule has 0 spiro atoms. The molecular weight excluding hydrogens is 394 g/mol. The van der Waals surface area contributed by atoms with Gasteiger partial charge < -0.3 is 15.4 Å². The third-order valence-electron chi connectivity index (χ3n) is 3.79. The quantitative estimate of drug-likeness (QED) is 0.546. The average molecular weight is 416 g/mol. The lowest BCUT2D eigenvalue weighted by atomic mass is 10.2. The summed E-state index contributed by atoms with van der Waals surface area (Å²) >= 11 is 3.14. The van der Waals surface area contributed by atoms with E-state index in [0.29, 0.717) is 19.7 Å². The molecule has 0 unspecified atom stereocenters. The molecule has 0 bridgehead atoms. The minimum absolute atomic E-state index is 0.105. The number of alkyl carbamates (subject to hydrolysis) is 1. The summed E-state index contributed by atoms with van der Waals surface area (Å²) in [6.07, 6.45) is -0.233. The topological polar surface area (TPSA) is 80.3 Å². The van der Waals surface area contributed by atoms with Crippen molar-refractivity contribution in [1.82, 2.24) is 15.6 Å². The van der Waals surface area contributed by atoms with Crippen molar-refractivity contribution in [2.24, 2.45) is 0 Å². The number of carbonyl (C=O) groups excluding carboxylic acids is 2. The van der Waals surface area contributed by atoms with Gasteiger partial charge in [0.25, 0.3) is 0 Å². The molecule has 6 nitrogen and oxygen atoms in total. The van der Waals surface area contributed by atoms with Crippen LogP contribution in [0.2, 0.25) is 0 Å². The Balaban J connectivity index is 1.66. The van der Waals surface area contributed by atoms with Gasteiger partial charge in [0.05, 0.1) is 23.6 Å². The maximum Gasteiger partial charge on any atom is 0.407 e. The Bertz CT molecular complexity index is 908. The SMILES string of the molecule is CCOC(=O)NCCNC(=O)Cc1sc(-c2ccccc2)nc1-c1cccs1. The van der Waals surface area contributed by atoms with Gasteiger partial charge in [-0.1, -0.05) is 36.4 Å². The Labute approximate surface area is 171 Å². The minimum atomic E-state index is -0.480. The van der Waals surface area contributed by atoms with E-state index in [2.05, 4.69) is 10.6 Å². The third kappa shape index (κ3) is 5.40. The Hall–Kier alpha value is -2.71. The van der Waals surface area contributed by atoms with Crippen LogP contribution in [-0.2, 0) is 16.0 Å².